The van der Waals surface area contributed by atoms with E-state index in [-0.39, 0.29) is 18.0 Å². The van der Waals surface area contributed by atoms with Gasteiger partial charge < -0.3 is 15.0 Å². The Kier molecular flexibility index (Phi) is 8.19. The lowest BCUT2D eigenvalue weighted by Gasteiger charge is -2.24. The maximum atomic E-state index is 11.6. The maximum Gasteiger partial charge on any atom is 0.317 e. The van der Waals surface area contributed by atoms with E-state index in [0.29, 0.717) is 13.0 Å². The SMILES string of the molecule is CCC(C)N(C)C(=O)NCCCCC(=O)OC. The smallest absolute Gasteiger partial charge is 0.317 e. The number of ether oxygens (including phenoxy) is 1. The third kappa shape index (κ3) is 6.81. The number of urea groups is 1. The lowest BCUT2D eigenvalue weighted by molar-refractivity contribution is -0.140. The van der Waals surface area contributed by atoms with Crippen LogP contribution in [0.4, 0.5) is 4.79 Å². The minimum Gasteiger partial charge on any atom is -0.469 e. The summed E-state index contributed by atoms with van der Waals surface area (Å²) in [6.45, 7) is 4.65. The van der Waals surface area contributed by atoms with Gasteiger partial charge in [-0.25, -0.2) is 4.79 Å². The molecule has 0 rings (SSSR count). The number of carbonyl (C=O) groups excluding carboxylic acids is 2. The van der Waals surface area contributed by atoms with Crippen LogP contribution in [-0.2, 0) is 9.53 Å². The summed E-state index contributed by atoms with van der Waals surface area (Å²) in [6, 6.07) is 0.183. The topological polar surface area (TPSA) is 58.6 Å². The first-order valence-electron chi connectivity index (χ1n) is 6.10. The molecular weight excluding hydrogens is 220 g/mol. The quantitative estimate of drug-likeness (QED) is 0.548. The van der Waals surface area contributed by atoms with Crippen LogP contribution in [0.25, 0.3) is 0 Å². The van der Waals surface area contributed by atoms with Crippen molar-refractivity contribution < 1.29 is 14.3 Å². The molecule has 0 spiro atoms. The molecule has 1 atom stereocenters. The number of esters is 1. The van der Waals surface area contributed by atoms with Crippen molar-refractivity contribution in [3.63, 3.8) is 0 Å². The molecule has 0 aliphatic carbocycles. The molecule has 0 bridgehead atoms. The molecule has 0 aliphatic heterocycles. The van der Waals surface area contributed by atoms with Crippen LogP contribution in [-0.4, -0.2) is 43.6 Å². The van der Waals surface area contributed by atoms with Crippen molar-refractivity contribution in [2.75, 3.05) is 20.7 Å². The van der Waals surface area contributed by atoms with Gasteiger partial charge in [0.1, 0.15) is 0 Å². The summed E-state index contributed by atoms with van der Waals surface area (Å²) in [5.41, 5.74) is 0. The van der Waals surface area contributed by atoms with Crippen molar-refractivity contribution in [1.82, 2.24) is 10.2 Å². The first-order valence-corrected chi connectivity index (χ1v) is 6.10. The zero-order chi connectivity index (χ0) is 13.3. The Bertz CT molecular complexity index is 244. The van der Waals surface area contributed by atoms with Crippen molar-refractivity contribution in [2.45, 2.75) is 45.6 Å². The van der Waals surface area contributed by atoms with E-state index in [2.05, 4.69) is 10.1 Å². The highest BCUT2D eigenvalue weighted by atomic mass is 16.5. The van der Waals surface area contributed by atoms with E-state index in [0.717, 1.165) is 19.3 Å². The van der Waals surface area contributed by atoms with E-state index < -0.39 is 0 Å². The molecule has 0 fully saturated rings. The van der Waals surface area contributed by atoms with Crippen LogP contribution in [0.1, 0.15) is 39.5 Å². The predicted molar refractivity (Wildman–Crippen MR) is 66.8 cm³/mol. The highest BCUT2D eigenvalue weighted by molar-refractivity contribution is 5.74. The first-order chi connectivity index (χ1) is 8.02. The Morgan fingerprint density at radius 1 is 1.35 bits per heavy atom. The van der Waals surface area contributed by atoms with Gasteiger partial charge in [0.15, 0.2) is 0 Å². The molecule has 5 heteroatoms. The number of unbranched alkanes of at least 4 members (excludes halogenated alkanes) is 1. The van der Waals surface area contributed by atoms with Gasteiger partial charge in [0.2, 0.25) is 0 Å². The number of nitrogens with one attached hydrogen (secondary N) is 1. The van der Waals surface area contributed by atoms with Gasteiger partial charge in [-0.1, -0.05) is 6.92 Å². The van der Waals surface area contributed by atoms with Crippen molar-refractivity contribution >= 4 is 12.0 Å². The van der Waals surface area contributed by atoms with Gasteiger partial charge in [0, 0.05) is 26.1 Å². The van der Waals surface area contributed by atoms with Gasteiger partial charge >= 0.3 is 12.0 Å². The number of hydrogen-bond donors (Lipinski definition) is 1. The highest BCUT2D eigenvalue weighted by Crippen LogP contribution is 2.00. The Balaban J connectivity index is 3.61. The van der Waals surface area contributed by atoms with E-state index >= 15 is 0 Å². The second-order valence-corrected chi connectivity index (χ2v) is 4.13. The van der Waals surface area contributed by atoms with Crippen molar-refractivity contribution in [1.29, 1.82) is 0 Å². The number of nitrogens with zero attached hydrogens (tertiary/aromatic N) is 1. The number of amides is 2. The van der Waals surface area contributed by atoms with Crippen LogP contribution in [0.3, 0.4) is 0 Å². The largest absolute Gasteiger partial charge is 0.469 e. The van der Waals surface area contributed by atoms with Gasteiger partial charge in [0.25, 0.3) is 0 Å². The summed E-state index contributed by atoms with van der Waals surface area (Å²) in [4.78, 5) is 24.1. The van der Waals surface area contributed by atoms with E-state index in [1.807, 2.05) is 13.8 Å². The molecule has 5 nitrogen and oxygen atoms in total. The van der Waals surface area contributed by atoms with Crippen LogP contribution in [0.5, 0.6) is 0 Å². The summed E-state index contributed by atoms with van der Waals surface area (Å²) in [5, 5.41) is 2.82. The van der Waals surface area contributed by atoms with Crippen molar-refractivity contribution in [3.05, 3.63) is 0 Å². The summed E-state index contributed by atoms with van der Waals surface area (Å²) in [5.74, 6) is -0.201. The van der Waals surface area contributed by atoms with Crippen LogP contribution in [0.15, 0.2) is 0 Å². The molecule has 2 amide bonds. The van der Waals surface area contributed by atoms with Crippen LogP contribution >= 0.6 is 0 Å². The summed E-state index contributed by atoms with van der Waals surface area (Å²) >= 11 is 0. The van der Waals surface area contributed by atoms with Gasteiger partial charge in [-0.05, 0) is 26.2 Å². The molecule has 0 saturated carbocycles. The molecule has 0 aromatic rings. The molecule has 17 heavy (non-hydrogen) atoms. The van der Waals surface area contributed by atoms with Gasteiger partial charge in [-0.15, -0.1) is 0 Å². The minimum atomic E-state index is -0.201. The van der Waals surface area contributed by atoms with E-state index in [1.165, 1.54) is 7.11 Å². The molecule has 0 aromatic carbocycles. The molecule has 0 saturated heterocycles. The van der Waals surface area contributed by atoms with Crippen LogP contribution in [0, 0.1) is 0 Å². The molecule has 0 aromatic heterocycles. The molecular formula is C12H24N2O3. The van der Waals surface area contributed by atoms with Crippen molar-refractivity contribution in [2.24, 2.45) is 0 Å². The zero-order valence-corrected chi connectivity index (χ0v) is 11.3. The Labute approximate surface area is 103 Å². The predicted octanol–water partition coefficient (Wildman–Crippen LogP) is 1.77. The molecule has 0 aliphatic rings. The van der Waals surface area contributed by atoms with Gasteiger partial charge in [-0.2, -0.15) is 0 Å². The van der Waals surface area contributed by atoms with E-state index in [4.69, 9.17) is 0 Å². The molecule has 0 radical (unpaired) electrons. The summed E-state index contributed by atoms with van der Waals surface area (Å²) in [7, 11) is 3.17. The fraction of sp³-hybridized carbons (Fsp3) is 0.833. The summed E-state index contributed by atoms with van der Waals surface area (Å²) in [6.07, 6.45) is 2.87. The van der Waals surface area contributed by atoms with Gasteiger partial charge in [-0.3, -0.25) is 4.79 Å². The molecule has 1 unspecified atom stereocenters. The third-order valence-electron chi connectivity index (χ3n) is 2.88. The fourth-order valence-electron chi connectivity index (χ4n) is 1.29. The average Bonchev–Trinajstić information content (AvgIpc) is 2.35. The van der Waals surface area contributed by atoms with Crippen LogP contribution in [0.2, 0.25) is 0 Å². The molecule has 1 N–H and O–H groups in total. The van der Waals surface area contributed by atoms with Crippen molar-refractivity contribution in [3.8, 4) is 0 Å². The Morgan fingerprint density at radius 3 is 2.53 bits per heavy atom. The molecule has 0 heterocycles. The molecule has 100 valence electrons. The average molecular weight is 244 g/mol. The normalized spacial score (nSPS) is 11.8. The van der Waals surface area contributed by atoms with Gasteiger partial charge in [0.05, 0.1) is 7.11 Å². The standard InChI is InChI=1S/C12H24N2O3/c1-5-10(2)14(3)12(16)13-9-7-6-8-11(15)17-4/h10H,5-9H2,1-4H3,(H,13,16). The first kappa shape index (κ1) is 15.7. The number of hydrogen-bond acceptors (Lipinski definition) is 3. The lowest BCUT2D eigenvalue weighted by atomic mass is 10.2. The minimum absolute atomic E-state index is 0.0579. The zero-order valence-electron chi connectivity index (χ0n) is 11.3. The number of rotatable bonds is 7. The second kappa shape index (κ2) is 8.84. The number of methoxy groups -OCH3 is 1. The third-order valence-corrected chi connectivity index (χ3v) is 2.88. The Morgan fingerprint density at radius 2 is 2.00 bits per heavy atom. The van der Waals surface area contributed by atoms with E-state index in [1.54, 1.807) is 11.9 Å². The summed E-state index contributed by atoms with van der Waals surface area (Å²) < 4.78 is 4.53. The van der Waals surface area contributed by atoms with Crippen LogP contribution < -0.4 is 5.32 Å². The second-order valence-electron chi connectivity index (χ2n) is 4.13. The fourth-order valence-corrected chi connectivity index (χ4v) is 1.29. The lowest BCUT2D eigenvalue weighted by Crippen LogP contribution is -2.42. The maximum absolute atomic E-state index is 11.6. The number of carbonyl (C=O) groups is 2. The monoisotopic (exact) mass is 244 g/mol. The highest BCUT2D eigenvalue weighted by Gasteiger charge is 2.12. The van der Waals surface area contributed by atoms with E-state index in [9.17, 15) is 9.59 Å². The Hall–Kier alpha value is -1.26.